The first kappa shape index (κ1) is 17.7. The number of benzene rings is 2. The lowest BCUT2D eigenvalue weighted by Crippen LogP contribution is -2.19. The van der Waals surface area contributed by atoms with Gasteiger partial charge in [-0.2, -0.15) is 13.2 Å². The normalized spacial score (nSPS) is 12.3. The molecule has 0 fully saturated rings. The van der Waals surface area contributed by atoms with Crippen LogP contribution in [0, 0.1) is 11.6 Å². The quantitative estimate of drug-likeness (QED) is 0.747. The molecular formula is C13H7BrF5NO2S. The fourth-order valence-electron chi connectivity index (χ4n) is 1.76. The van der Waals surface area contributed by atoms with Crippen LogP contribution < -0.4 is 4.72 Å². The second kappa shape index (κ2) is 6.08. The van der Waals surface area contributed by atoms with Crippen molar-refractivity contribution in [3.8, 4) is 0 Å². The molecule has 0 aliphatic heterocycles. The lowest BCUT2D eigenvalue weighted by molar-refractivity contribution is -0.139. The Morgan fingerprint density at radius 3 is 2.22 bits per heavy atom. The molecule has 10 heteroatoms. The Balaban J connectivity index is 2.54. The van der Waals surface area contributed by atoms with Crippen molar-refractivity contribution in [1.29, 1.82) is 0 Å². The van der Waals surface area contributed by atoms with Crippen LogP contribution in [0.4, 0.5) is 27.6 Å². The third kappa shape index (κ3) is 3.81. The Hall–Kier alpha value is -1.68. The van der Waals surface area contributed by atoms with E-state index in [1.165, 1.54) is 0 Å². The van der Waals surface area contributed by atoms with Gasteiger partial charge in [0.15, 0.2) is 5.82 Å². The summed E-state index contributed by atoms with van der Waals surface area (Å²) in [4.78, 5) is -1.07. The summed E-state index contributed by atoms with van der Waals surface area (Å²) >= 11 is 2.75. The fourth-order valence-corrected chi connectivity index (χ4v) is 3.72. The Morgan fingerprint density at radius 2 is 1.65 bits per heavy atom. The van der Waals surface area contributed by atoms with Crippen molar-refractivity contribution in [1.82, 2.24) is 0 Å². The van der Waals surface area contributed by atoms with Crippen LogP contribution in [0.5, 0.6) is 0 Å². The number of sulfonamides is 1. The van der Waals surface area contributed by atoms with Gasteiger partial charge < -0.3 is 0 Å². The molecule has 0 saturated carbocycles. The molecule has 0 spiro atoms. The highest BCUT2D eigenvalue weighted by Crippen LogP contribution is 2.36. The summed E-state index contributed by atoms with van der Waals surface area (Å²) < 4.78 is 91.1. The maximum absolute atomic E-state index is 13.7. The summed E-state index contributed by atoms with van der Waals surface area (Å²) in [6, 6.07) is 4.62. The number of alkyl halides is 3. The molecule has 0 saturated heterocycles. The molecular weight excluding hydrogens is 409 g/mol. The first-order chi connectivity index (χ1) is 10.5. The van der Waals surface area contributed by atoms with Gasteiger partial charge >= 0.3 is 6.18 Å². The molecule has 124 valence electrons. The minimum atomic E-state index is -4.91. The zero-order valence-electron chi connectivity index (χ0n) is 11.0. The number of hydrogen-bond acceptors (Lipinski definition) is 2. The van der Waals surface area contributed by atoms with Crippen molar-refractivity contribution >= 4 is 31.6 Å². The average Bonchev–Trinajstić information content (AvgIpc) is 2.42. The predicted molar refractivity (Wildman–Crippen MR) is 76.3 cm³/mol. The van der Waals surface area contributed by atoms with Gasteiger partial charge in [0.1, 0.15) is 5.82 Å². The maximum Gasteiger partial charge on any atom is 0.417 e. The van der Waals surface area contributed by atoms with Crippen LogP contribution in [0.2, 0.25) is 0 Å². The van der Waals surface area contributed by atoms with Gasteiger partial charge in [-0.15, -0.1) is 0 Å². The Morgan fingerprint density at radius 1 is 1.04 bits per heavy atom. The second-order valence-corrected chi connectivity index (χ2v) is 6.85. The van der Waals surface area contributed by atoms with Gasteiger partial charge in [0.2, 0.25) is 0 Å². The first-order valence-corrected chi connectivity index (χ1v) is 8.13. The van der Waals surface area contributed by atoms with Crippen LogP contribution in [-0.2, 0) is 16.2 Å². The predicted octanol–water partition coefficient (Wildman–Crippen LogP) is 4.55. The van der Waals surface area contributed by atoms with E-state index in [-0.39, 0.29) is 4.47 Å². The highest BCUT2D eigenvalue weighted by atomic mass is 79.9. The highest BCUT2D eigenvalue weighted by Gasteiger charge is 2.37. The number of anilines is 1. The molecule has 0 heterocycles. The molecule has 2 aromatic carbocycles. The standard InChI is InChI=1S/C13H7BrF5NO2S/c14-9-5-7(15)6-10(16)12(9)20-23(21,22)11-4-2-1-3-8(11)13(17,18)19/h1-6,20H. The third-order valence-electron chi connectivity index (χ3n) is 2.73. The van der Waals surface area contributed by atoms with Crippen LogP contribution in [-0.4, -0.2) is 8.42 Å². The molecule has 3 nitrogen and oxygen atoms in total. The van der Waals surface area contributed by atoms with Crippen molar-refractivity contribution in [3.63, 3.8) is 0 Å². The smallest absolute Gasteiger partial charge is 0.275 e. The van der Waals surface area contributed by atoms with Crippen molar-refractivity contribution in [3.05, 3.63) is 58.1 Å². The SMILES string of the molecule is O=S(=O)(Nc1c(F)cc(F)cc1Br)c1ccccc1C(F)(F)F. The summed E-state index contributed by atoms with van der Waals surface area (Å²) in [5.41, 5.74) is -2.09. The van der Waals surface area contributed by atoms with Crippen molar-refractivity contribution < 1.29 is 30.4 Å². The first-order valence-electron chi connectivity index (χ1n) is 5.86. The molecule has 23 heavy (non-hydrogen) atoms. The van der Waals surface area contributed by atoms with Crippen LogP contribution in [0.25, 0.3) is 0 Å². The molecule has 0 aliphatic carbocycles. The van der Waals surface area contributed by atoms with Crippen LogP contribution >= 0.6 is 15.9 Å². The highest BCUT2D eigenvalue weighted by molar-refractivity contribution is 9.10. The van der Waals surface area contributed by atoms with Crippen molar-refractivity contribution in [2.24, 2.45) is 0 Å². The van der Waals surface area contributed by atoms with E-state index >= 15 is 0 Å². The number of hydrogen-bond donors (Lipinski definition) is 1. The van der Waals surface area contributed by atoms with E-state index in [0.29, 0.717) is 12.1 Å². The van der Waals surface area contributed by atoms with Crippen LogP contribution in [0.15, 0.2) is 45.8 Å². The van der Waals surface area contributed by atoms with Crippen LogP contribution in [0.3, 0.4) is 0 Å². The summed E-state index contributed by atoms with van der Waals surface area (Å²) in [6.45, 7) is 0. The monoisotopic (exact) mass is 415 g/mol. The average molecular weight is 416 g/mol. The molecule has 2 rings (SSSR count). The molecule has 1 N–H and O–H groups in total. The fraction of sp³-hybridized carbons (Fsp3) is 0.0769. The van der Waals surface area contributed by atoms with Gasteiger partial charge in [-0.3, -0.25) is 4.72 Å². The molecule has 0 aliphatic rings. The number of rotatable bonds is 3. The molecule has 0 atom stereocenters. The van der Waals surface area contributed by atoms with Gasteiger partial charge in [0.05, 0.1) is 16.1 Å². The summed E-state index contributed by atoms with van der Waals surface area (Å²) in [5, 5.41) is 0. The minimum Gasteiger partial charge on any atom is -0.275 e. The largest absolute Gasteiger partial charge is 0.417 e. The zero-order chi connectivity index (χ0) is 17.4. The Labute approximate surface area is 136 Å². The van der Waals surface area contributed by atoms with Crippen molar-refractivity contribution in [2.45, 2.75) is 11.1 Å². The van der Waals surface area contributed by atoms with E-state index in [1.54, 1.807) is 4.72 Å². The molecule has 0 aromatic heterocycles. The van der Waals surface area contributed by atoms with Gasteiger partial charge in [-0.25, -0.2) is 17.2 Å². The second-order valence-electron chi connectivity index (χ2n) is 4.34. The van der Waals surface area contributed by atoms with Crippen molar-refractivity contribution in [2.75, 3.05) is 4.72 Å². The topological polar surface area (TPSA) is 46.2 Å². The van der Waals surface area contributed by atoms with Gasteiger partial charge in [0, 0.05) is 10.5 Å². The van der Waals surface area contributed by atoms with E-state index in [4.69, 9.17) is 0 Å². The lowest BCUT2D eigenvalue weighted by Gasteiger charge is -2.15. The van der Waals surface area contributed by atoms with E-state index in [2.05, 4.69) is 15.9 Å². The lowest BCUT2D eigenvalue weighted by atomic mass is 10.2. The summed E-state index contributed by atoms with van der Waals surface area (Å²) in [6.07, 6.45) is -4.91. The zero-order valence-corrected chi connectivity index (χ0v) is 13.4. The Kier molecular flexibility index (Phi) is 4.67. The number of nitrogens with one attached hydrogen (secondary N) is 1. The number of halogens is 6. The van der Waals surface area contributed by atoms with E-state index < -0.39 is 44.0 Å². The molecule has 0 amide bonds. The molecule has 2 aromatic rings. The molecule has 0 unspecified atom stereocenters. The van der Waals surface area contributed by atoms with Gasteiger partial charge in [0.25, 0.3) is 10.0 Å². The summed E-state index contributed by atoms with van der Waals surface area (Å²) in [5.74, 6) is -2.25. The molecule has 0 radical (unpaired) electrons. The van der Waals surface area contributed by atoms with Crippen LogP contribution in [0.1, 0.15) is 5.56 Å². The van der Waals surface area contributed by atoms with E-state index in [1.807, 2.05) is 0 Å². The van der Waals surface area contributed by atoms with E-state index in [9.17, 15) is 30.4 Å². The Bertz CT molecular complexity index is 829. The maximum atomic E-state index is 13.7. The van der Waals surface area contributed by atoms with E-state index in [0.717, 1.165) is 24.3 Å². The van der Waals surface area contributed by atoms with Gasteiger partial charge in [-0.1, -0.05) is 12.1 Å². The summed E-state index contributed by atoms with van der Waals surface area (Å²) in [7, 11) is -4.75. The van der Waals surface area contributed by atoms with Gasteiger partial charge in [-0.05, 0) is 34.1 Å². The molecule has 0 bridgehead atoms. The third-order valence-corrected chi connectivity index (χ3v) is 4.76. The minimum absolute atomic E-state index is 0.289.